The molecule has 0 spiro atoms. The molecule has 1 amide bonds. The van der Waals surface area contributed by atoms with Gasteiger partial charge in [-0.1, -0.05) is 13.8 Å². The zero-order valence-corrected chi connectivity index (χ0v) is 11.7. The molecule has 18 heavy (non-hydrogen) atoms. The lowest BCUT2D eigenvalue weighted by Gasteiger charge is -2.31. The van der Waals surface area contributed by atoms with E-state index in [1.807, 2.05) is 6.92 Å². The van der Waals surface area contributed by atoms with Crippen LogP contribution in [0.3, 0.4) is 0 Å². The number of rotatable bonds is 7. The molecule has 4 nitrogen and oxygen atoms in total. The minimum Gasteiger partial charge on any atom is -0.368 e. The van der Waals surface area contributed by atoms with Crippen molar-refractivity contribution in [3.8, 4) is 0 Å². The lowest BCUT2D eigenvalue weighted by molar-refractivity contribution is -0.124. The third-order valence-corrected chi connectivity index (χ3v) is 4.59. The van der Waals surface area contributed by atoms with Gasteiger partial charge in [0.15, 0.2) is 0 Å². The summed E-state index contributed by atoms with van der Waals surface area (Å²) in [5, 5.41) is 3.33. The van der Waals surface area contributed by atoms with E-state index in [0.29, 0.717) is 6.04 Å². The highest BCUT2D eigenvalue weighted by atomic mass is 16.1. The Labute approximate surface area is 110 Å². The first-order valence-corrected chi connectivity index (χ1v) is 7.40. The zero-order valence-electron chi connectivity index (χ0n) is 11.7. The van der Waals surface area contributed by atoms with E-state index < -0.39 is 5.54 Å². The Morgan fingerprint density at radius 3 is 2.61 bits per heavy atom. The van der Waals surface area contributed by atoms with E-state index >= 15 is 0 Å². The van der Waals surface area contributed by atoms with E-state index in [4.69, 9.17) is 5.73 Å². The molecular weight excluding hydrogens is 226 g/mol. The minimum absolute atomic E-state index is 0.172. The number of nitrogens with two attached hydrogens (primary N) is 1. The third kappa shape index (κ3) is 2.86. The number of carbonyl (C=O) groups excluding carboxylic acids is 1. The molecule has 2 rings (SSSR count). The summed E-state index contributed by atoms with van der Waals surface area (Å²) >= 11 is 0. The second-order valence-electron chi connectivity index (χ2n) is 5.90. The fourth-order valence-corrected chi connectivity index (χ4v) is 3.31. The molecule has 2 saturated carbocycles. The lowest BCUT2D eigenvalue weighted by atomic mass is 9.96. The summed E-state index contributed by atoms with van der Waals surface area (Å²) in [6.45, 7) is 7.37. The second-order valence-corrected chi connectivity index (χ2v) is 5.90. The van der Waals surface area contributed by atoms with E-state index in [9.17, 15) is 4.79 Å². The maximum Gasteiger partial charge on any atom is 0.237 e. The van der Waals surface area contributed by atoms with Crippen LogP contribution in [0, 0.1) is 5.92 Å². The van der Waals surface area contributed by atoms with Crippen LogP contribution in [0.25, 0.3) is 0 Å². The Balaban J connectivity index is 1.97. The Morgan fingerprint density at radius 1 is 1.39 bits per heavy atom. The van der Waals surface area contributed by atoms with Crippen LogP contribution < -0.4 is 11.1 Å². The fourth-order valence-electron chi connectivity index (χ4n) is 3.31. The first-order valence-electron chi connectivity index (χ1n) is 7.40. The molecule has 0 aliphatic heterocycles. The number of hydrogen-bond acceptors (Lipinski definition) is 3. The van der Waals surface area contributed by atoms with Gasteiger partial charge >= 0.3 is 0 Å². The number of hydrogen-bond donors (Lipinski definition) is 2. The zero-order chi connectivity index (χ0) is 13.2. The molecule has 2 unspecified atom stereocenters. The highest BCUT2D eigenvalue weighted by Crippen LogP contribution is 2.36. The van der Waals surface area contributed by atoms with E-state index in [-0.39, 0.29) is 5.91 Å². The molecule has 104 valence electrons. The van der Waals surface area contributed by atoms with Gasteiger partial charge in [-0.05, 0) is 51.1 Å². The average Bonchev–Trinajstić information content (AvgIpc) is 3.06. The topological polar surface area (TPSA) is 58.4 Å². The molecule has 0 heterocycles. The molecule has 0 aromatic rings. The summed E-state index contributed by atoms with van der Waals surface area (Å²) in [7, 11) is 0. The molecule has 0 saturated heterocycles. The van der Waals surface area contributed by atoms with Crippen LogP contribution in [0.4, 0.5) is 0 Å². The number of amides is 1. The smallest absolute Gasteiger partial charge is 0.237 e. The van der Waals surface area contributed by atoms with Gasteiger partial charge < -0.3 is 16.0 Å². The van der Waals surface area contributed by atoms with Crippen LogP contribution in [0.1, 0.15) is 46.0 Å². The average molecular weight is 253 g/mol. The Bertz CT molecular complexity index is 303. The molecule has 0 aromatic heterocycles. The van der Waals surface area contributed by atoms with Crippen molar-refractivity contribution in [2.75, 3.05) is 19.6 Å². The first-order chi connectivity index (χ1) is 8.61. The van der Waals surface area contributed by atoms with E-state index in [1.165, 1.54) is 19.4 Å². The quantitative estimate of drug-likeness (QED) is 0.714. The van der Waals surface area contributed by atoms with Crippen LogP contribution in [0.15, 0.2) is 0 Å². The van der Waals surface area contributed by atoms with Gasteiger partial charge in [0.25, 0.3) is 0 Å². The van der Waals surface area contributed by atoms with Crippen molar-refractivity contribution >= 4 is 5.91 Å². The molecule has 2 fully saturated rings. The number of primary amides is 1. The normalized spacial score (nSPS) is 32.1. The first kappa shape index (κ1) is 13.8. The molecule has 2 aliphatic carbocycles. The van der Waals surface area contributed by atoms with E-state index in [0.717, 1.165) is 38.3 Å². The van der Waals surface area contributed by atoms with Gasteiger partial charge in [0.1, 0.15) is 0 Å². The van der Waals surface area contributed by atoms with E-state index in [1.54, 1.807) is 0 Å². The predicted octanol–water partition coefficient (Wildman–Crippen LogP) is 1.10. The summed E-state index contributed by atoms with van der Waals surface area (Å²) in [6, 6.07) is 0.530. The summed E-state index contributed by atoms with van der Waals surface area (Å²) in [5.74, 6) is 0.738. The molecular formula is C14H27N3O. The van der Waals surface area contributed by atoms with Crippen LogP contribution >= 0.6 is 0 Å². The monoisotopic (exact) mass is 253 g/mol. The van der Waals surface area contributed by atoms with Crippen LogP contribution in [-0.4, -0.2) is 42.0 Å². The number of nitrogens with zero attached hydrogens (tertiary/aromatic N) is 1. The number of carbonyl (C=O) groups is 1. The predicted molar refractivity (Wildman–Crippen MR) is 73.2 cm³/mol. The van der Waals surface area contributed by atoms with Crippen molar-refractivity contribution in [3.63, 3.8) is 0 Å². The standard InChI is InChI=1S/C14H27N3O/c1-3-16-14(13(15)18)8-7-12(9-14)17(4-2)10-11-5-6-11/h11-12,16H,3-10H2,1-2H3,(H2,15,18). The van der Waals surface area contributed by atoms with Gasteiger partial charge in [-0.2, -0.15) is 0 Å². The number of likely N-dealkylation sites (N-methyl/N-ethyl adjacent to an activating group) is 1. The molecule has 0 bridgehead atoms. The van der Waals surface area contributed by atoms with Gasteiger partial charge in [-0.25, -0.2) is 0 Å². The van der Waals surface area contributed by atoms with E-state index in [2.05, 4.69) is 17.1 Å². The molecule has 2 aliphatic rings. The van der Waals surface area contributed by atoms with Gasteiger partial charge in [0, 0.05) is 12.6 Å². The molecule has 3 N–H and O–H groups in total. The maximum absolute atomic E-state index is 11.7. The maximum atomic E-state index is 11.7. The van der Waals surface area contributed by atoms with Crippen LogP contribution in [0.5, 0.6) is 0 Å². The fraction of sp³-hybridized carbons (Fsp3) is 0.929. The van der Waals surface area contributed by atoms with Gasteiger partial charge in [-0.3, -0.25) is 4.79 Å². The third-order valence-electron chi connectivity index (χ3n) is 4.59. The number of nitrogens with one attached hydrogen (secondary N) is 1. The minimum atomic E-state index is -0.448. The van der Waals surface area contributed by atoms with Gasteiger partial charge in [0.05, 0.1) is 5.54 Å². The Kier molecular flexibility index (Phi) is 4.28. The SMILES string of the molecule is CCNC1(C(N)=O)CCC(N(CC)CC2CC2)C1. The Hall–Kier alpha value is -0.610. The van der Waals surface area contributed by atoms with Crippen molar-refractivity contribution in [1.82, 2.24) is 10.2 Å². The highest BCUT2D eigenvalue weighted by molar-refractivity contribution is 5.85. The molecule has 2 atom stereocenters. The van der Waals surface area contributed by atoms with Crippen molar-refractivity contribution in [2.45, 2.75) is 57.5 Å². The van der Waals surface area contributed by atoms with Gasteiger partial charge in [0.2, 0.25) is 5.91 Å². The van der Waals surface area contributed by atoms with Crippen molar-refractivity contribution in [3.05, 3.63) is 0 Å². The van der Waals surface area contributed by atoms with Gasteiger partial charge in [-0.15, -0.1) is 0 Å². The largest absolute Gasteiger partial charge is 0.368 e. The lowest BCUT2D eigenvalue weighted by Crippen LogP contribution is -2.54. The molecule has 0 aromatic carbocycles. The van der Waals surface area contributed by atoms with Crippen molar-refractivity contribution in [2.24, 2.45) is 11.7 Å². The van der Waals surface area contributed by atoms with Crippen molar-refractivity contribution in [1.29, 1.82) is 0 Å². The van der Waals surface area contributed by atoms with Crippen LogP contribution in [0.2, 0.25) is 0 Å². The second kappa shape index (κ2) is 5.57. The Morgan fingerprint density at radius 2 is 2.11 bits per heavy atom. The summed E-state index contributed by atoms with van der Waals surface area (Å²) in [6.07, 6.45) is 5.64. The summed E-state index contributed by atoms with van der Waals surface area (Å²) in [4.78, 5) is 14.3. The van der Waals surface area contributed by atoms with Crippen LogP contribution in [-0.2, 0) is 4.79 Å². The van der Waals surface area contributed by atoms with Crippen molar-refractivity contribution < 1.29 is 4.79 Å². The summed E-state index contributed by atoms with van der Waals surface area (Å²) < 4.78 is 0. The highest BCUT2D eigenvalue weighted by Gasteiger charge is 2.45. The summed E-state index contributed by atoms with van der Waals surface area (Å²) in [5.41, 5.74) is 5.17. The molecule has 0 radical (unpaired) electrons. The molecule has 4 heteroatoms.